The van der Waals surface area contributed by atoms with Gasteiger partial charge >= 0.3 is 27.2 Å². The fraction of sp³-hybridized carbons (Fsp3) is 0. The first kappa shape index (κ1) is 8.90. The Kier molecular flexibility index (Phi) is 20.0. The summed E-state index contributed by atoms with van der Waals surface area (Å²) in [5.74, 6) is 0. The molecule has 0 radical (unpaired) electrons. The number of rotatable bonds is 0. The van der Waals surface area contributed by atoms with E-state index in [1.165, 1.54) is 0 Å². The number of hydrogen-bond donors (Lipinski definition) is 0. The number of hydrogen-bond acceptors (Lipinski definition) is 2. The fourth-order valence-corrected chi connectivity index (χ4v) is 0. The van der Waals surface area contributed by atoms with Crippen LogP contribution < -0.4 is 0 Å². The van der Waals surface area contributed by atoms with Crippen LogP contribution in [-0.4, -0.2) is 0 Å². The monoisotopic (exact) mass is 129 g/mol. The minimum atomic E-state index is -2.00. The summed E-state index contributed by atoms with van der Waals surface area (Å²) in [5, 5.41) is 0. The molecule has 0 N–H and O–H groups in total. The van der Waals surface area contributed by atoms with Gasteiger partial charge in [-0.1, -0.05) is 0 Å². The van der Waals surface area contributed by atoms with E-state index < -0.39 is 19.1 Å². The van der Waals surface area contributed by atoms with Crippen LogP contribution in [-0.2, 0) is 47.5 Å². The smallest absolute Gasteiger partial charge is 0 e. The van der Waals surface area contributed by atoms with Crippen molar-refractivity contribution in [2.45, 2.75) is 0 Å². The van der Waals surface area contributed by atoms with Crippen molar-refractivity contribution in [2.75, 3.05) is 0 Å². The normalized spacial score (nSPS) is 2.00. The molecule has 0 aromatic heterocycles. The van der Waals surface area contributed by atoms with Crippen molar-refractivity contribution in [3.63, 3.8) is 0 Å². The van der Waals surface area contributed by atoms with Crippen molar-refractivity contribution >= 4 is 0 Å². The van der Waals surface area contributed by atoms with Gasteiger partial charge in [0.25, 0.3) is 0 Å². The van der Waals surface area contributed by atoms with Crippen LogP contribution in [0.3, 0.4) is 0 Å². The van der Waals surface area contributed by atoms with Crippen molar-refractivity contribution in [3.8, 4) is 0 Å². The van der Waals surface area contributed by atoms with E-state index >= 15 is 0 Å². The second-order valence-corrected chi connectivity index (χ2v) is 0.344. The summed E-state index contributed by atoms with van der Waals surface area (Å²) in [7, 11) is 0. The molecule has 0 bridgehead atoms. The van der Waals surface area contributed by atoms with Crippen LogP contribution >= 0.6 is 0 Å². The molecule has 0 saturated carbocycles. The van der Waals surface area contributed by atoms with Gasteiger partial charge in [-0.15, -0.1) is 0 Å². The van der Waals surface area contributed by atoms with Gasteiger partial charge < -0.3 is 0 Å². The van der Waals surface area contributed by atoms with Crippen LogP contribution in [0.4, 0.5) is 0 Å². The third kappa shape index (κ3) is 11.8. The first-order valence-corrected chi connectivity index (χ1v) is 1.68. The molecule has 20 valence electrons. The molecular formula is HO2Ti2+. The van der Waals surface area contributed by atoms with Gasteiger partial charge in [-0.3, -0.25) is 0 Å². The van der Waals surface area contributed by atoms with Gasteiger partial charge in [0.2, 0.25) is 0 Å². The first-order valence-electron chi connectivity index (χ1n) is 0.408. The quantitative estimate of drug-likeness (QED) is 0.426. The summed E-state index contributed by atoms with van der Waals surface area (Å²) in [6, 6.07) is 0. The van der Waals surface area contributed by atoms with Gasteiger partial charge in [-0.05, 0) is 0 Å². The molecule has 4 heavy (non-hydrogen) atoms. The minimum Gasteiger partial charge on any atom is 0 e. The SMILES string of the molecule is [H+].[O]=[Ti]=[O].[Ti]. The maximum Gasteiger partial charge on any atom is 0 e. The maximum atomic E-state index is 8.50. The van der Waals surface area contributed by atoms with Gasteiger partial charge in [0.15, 0.2) is 0 Å². The molecule has 0 aliphatic heterocycles. The van der Waals surface area contributed by atoms with Gasteiger partial charge in [-0.2, -0.15) is 0 Å². The summed E-state index contributed by atoms with van der Waals surface area (Å²) < 4.78 is 17.0. The molecule has 0 aromatic carbocycles. The van der Waals surface area contributed by atoms with E-state index in [1.807, 2.05) is 0 Å². The fourth-order valence-electron chi connectivity index (χ4n) is 0. The standard InChI is InChI=1S/2O.2Ti/p+1. The average Bonchev–Trinajstić information content (AvgIpc) is 0.918. The molecular weight excluding hydrogens is 128 g/mol. The Morgan fingerprint density at radius 2 is 1.50 bits per heavy atom. The van der Waals surface area contributed by atoms with E-state index in [0.29, 0.717) is 0 Å². The first-order chi connectivity index (χ1) is 1.41. The molecule has 0 unspecified atom stereocenters. The predicted molar refractivity (Wildman–Crippen MR) is 2.49 cm³/mol. The van der Waals surface area contributed by atoms with Crippen molar-refractivity contribution in [2.24, 2.45) is 0 Å². The second-order valence-electron chi connectivity index (χ2n) is 0.0833. The van der Waals surface area contributed by atoms with Crippen LogP contribution in [0.2, 0.25) is 0 Å². The van der Waals surface area contributed by atoms with E-state index in [9.17, 15) is 0 Å². The Balaban J connectivity index is -0.0000000200. The van der Waals surface area contributed by atoms with E-state index in [0.717, 1.165) is 0 Å². The molecule has 2 nitrogen and oxygen atoms in total. The van der Waals surface area contributed by atoms with Crippen LogP contribution in [0.15, 0.2) is 0 Å². The Morgan fingerprint density at radius 1 is 1.50 bits per heavy atom. The van der Waals surface area contributed by atoms with Crippen molar-refractivity contribution in [1.29, 1.82) is 0 Å². The summed E-state index contributed by atoms with van der Waals surface area (Å²) in [5.41, 5.74) is 0. The van der Waals surface area contributed by atoms with Crippen molar-refractivity contribution in [1.82, 2.24) is 0 Å². The molecule has 0 spiro atoms. The molecule has 0 heterocycles. The predicted octanol–water partition coefficient (Wildman–Crippen LogP) is -0.130. The zero-order valence-corrected chi connectivity index (χ0v) is 4.94. The largest absolute Gasteiger partial charge is 0 e. The third-order valence-corrected chi connectivity index (χ3v) is 0. The molecule has 0 aliphatic carbocycles. The molecule has 0 aliphatic rings. The second kappa shape index (κ2) is 8.98. The van der Waals surface area contributed by atoms with E-state index in [4.69, 9.17) is 6.65 Å². The molecule has 0 saturated heterocycles. The third-order valence-electron chi connectivity index (χ3n) is 0. The van der Waals surface area contributed by atoms with Crippen molar-refractivity contribution < 1.29 is 48.9 Å². The van der Waals surface area contributed by atoms with Crippen LogP contribution in [0.5, 0.6) is 0 Å². The van der Waals surface area contributed by atoms with Crippen LogP contribution in [0.1, 0.15) is 1.43 Å². The van der Waals surface area contributed by atoms with Crippen molar-refractivity contribution in [3.05, 3.63) is 0 Å². The van der Waals surface area contributed by atoms with Crippen LogP contribution in [0, 0.1) is 0 Å². The van der Waals surface area contributed by atoms with Gasteiger partial charge in [0, 0.05) is 21.7 Å². The molecule has 0 atom stereocenters. The topological polar surface area (TPSA) is 34.1 Å². The molecule has 4 heteroatoms. The zero-order chi connectivity index (χ0) is 2.71. The molecule has 0 amide bonds. The molecule has 0 aromatic rings. The summed E-state index contributed by atoms with van der Waals surface area (Å²) in [6.07, 6.45) is 0. The van der Waals surface area contributed by atoms with E-state index in [2.05, 4.69) is 0 Å². The Morgan fingerprint density at radius 3 is 1.50 bits per heavy atom. The summed E-state index contributed by atoms with van der Waals surface area (Å²) >= 11 is -2.00. The molecule has 0 rings (SSSR count). The molecule has 0 fully saturated rings. The Labute approximate surface area is 48.9 Å². The Hall–Kier alpha value is 1.03. The van der Waals surface area contributed by atoms with Gasteiger partial charge in [0.05, 0.1) is 0 Å². The summed E-state index contributed by atoms with van der Waals surface area (Å²) in [6.45, 7) is 0. The van der Waals surface area contributed by atoms with Gasteiger partial charge in [-0.25, -0.2) is 0 Å². The average molecular weight is 129 g/mol. The summed E-state index contributed by atoms with van der Waals surface area (Å²) in [4.78, 5) is 0. The van der Waals surface area contributed by atoms with E-state index in [-0.39, 0.29) is 23.1 Å². The van der Waals surface area contributed by atoms with Crippen LogP contribution in [0.25, 0.3) is 0 Å². The van der Waals surface area contributed by atoms with Gasteiger partial charge in [0.1, 0.15) is 0 Å². The van der Waals surface area contributed by atoms with E-state index in [1.54, 1.807) is 0 Å². The maximum absolute atomic E-state index is 8.50. The zero-order valence-electron chi connectivity index (χ0n) is 2.82. The minimum absolute atomic E-state index is 0. The Bertz CT molecular complexity index is 28.6.